The molecule has 13 heteroatoms. The highest BCUT2D eigenvalue weighted by Crippen LogP contribution is 2.25. The summed E-state index contributed by atoms with van der Waals surface area (Å²) in [4.78, 5) is 23.1. The molecular formula is C27H23F3N5O4S-. The lowest BCUT2D eigenvalue weighted by Gasteiger charge is -2.19. The van der Waals surface area contributed by atoms with Gasteiger partial charge in [-0.25, -0.2) is 4.98 Å². The molecule has 0 aliphatic carbocycles. The highest BCUT2D eigenvalue weighted by molar-refractivity contribution is 7.80. The zero-order valence-corrected chi connectivity index (χ0v) is 21.8. The predicted molar refractivity (Wildman–Crippen MR) is 144 cm³/mol. The number of anilines is 5. The van der Waals surface area contributed by atoms with Gasteiger partial charge >= 0.3 is 6.36 Å². The summed E-state index contributed by atoms with van der Waals surface area (Å²) < 4.78 is 64.5. The van der Waals surface area contributed by atoms with Crippen LogP contribution in [0.15, 0.2) is 85.1 Å². The van der Waals surface area contributed by atoms with Gasteiger partial charge in [0, 0.05) is 54.4 Å². The van der Waals surface area contributed by atoms with Crippen molar-refractivity contribution in [2.24, 2.45) is 0 Å². The zero-order chi connectivity index (χ0) is 28.7. The molecule has 1 aromatic heterocycles. The summed E-state index contributed by atoms with van der Waals surface area (Å²) >= 11 is -2.40. The molecule has 9 nitrogen and oxygen atoms in total. The van der Waals surface area contributed by atoms with Gasteiger partial charge in [-0.2, -0.15) is 4.98 Å². The molecule has 0 saturated carbocycles. The second-order valence-corrected chi connectivity index (χ2v) is 9.26. The monoisotopic (exact) mass is 570 g/mol. The second-order valence-electron chi connectivity index (χ2n) is 8.59. The molecule has 0 spiro atoms. The third-order valence-electron chi connectivity index (χ3n) is 5.61. The van der Waals surface area contributed by atoms with Crippen molar-refractivity contribution in [2.75, 3.05) is 22.0 Å². The van der Waals surface area contributed by atoms with Crippen LogP contribution in [0.25, 0.3) is 0 Å². The number of ether oxygens (including phenoxy) is 1. The van der Waals surface area contributed by atoms with Crippen LogP contribution >= 0.6 is 0 Å². The van der Waals surface area contributed by atoms with Gasteiger partial charge in [0.25, 0.3) is 0 Å². The van der Waals surface area contributed by atoms with Crippen LogP contribution in [0.3, 0.4) is 0 Å². The van der Waals surface area contributed by atoms with E-state index in [0.29, 0.717) is 28.7 Å². The number of nitrogens with one attached hydrogen (secondary N) is 2. The first-order valence-corrected chi connectivity index (χ1v) is 12.9. The van der Waals surface area contributed by atoms with Crippen molar-refractivity contribution in [1.82, 2.24) is 9.97 Å². The summed E-state index contributed by atoms with van der Waals surface area (Å²) in [5.74, 6) is 0.539. The molecule has 0 fully saturated rings. The van der Waals surface area contributed by atoms with Crippen LogP contribution in [0.2, 0.25) is 0 Å². The predicted octanol–water partition coefficient (Wildman–Crippen LogP) is 5.45. The highest BCUT2D eigenvalue weighted by Gasteiger charge is 2.31. The van der Waals surface area contributed by atoms with E-state index in [1.54, 1.807) is 36.5 Å². The van der Waals surface area contributed by atoms with Crippen molar-refractivity contribution in [1.29, 1.82) is 0 Å². The summed E-state index contributed by atoms with van der Waals surface area (Å²) in [6.07, 6.45) is -2.90. The van der Waals surface area contributed by atoms with E-state index in [-0.39, 0.29) is 24.4 Å². The maximum Gasteiger partial charge on any atom is 0.573 e. The molecule has 0 amide bonds. The first-order valence-electron chi connectivity index (χ1n) is 11.8. The lowest BCUT2D eigenvalue weighted by molar-refractivity contribution is -0.274. The Morgan fingerprint density at radius 3 is 2.08 bits per heavy atom. The summed E-state index contributed by atoms with van der Waals surface area (Å²) in [7, 11) is 1.84. The number of benzene rings is 3. The van der Waals surface area contributed by atoms with Crippen molar-refractivity contribution in [3.63, 3.8) is 0 Å². The Hall–Kier alpha value is -4.49. The fourth-order valence-corrected chi connectivity index (χ4v) is 4.07. The average molecular weight is 571 g/mol. The van der Waals surface area contributed by atoms with Crippen molar-refractivity contribution in [3.8, 4) is 5.75 Å². The molecule has 0 radical (unpaired) electrons. The molecule has 4 aromatic rings. The van der Waals surface area contributed by atoms with Crippen LogP contribution in [0, 0.1) is 0 Å². The summed E-state index contributed by atoms with van der Waals surface area (Å²) in [6.45, 7) is 0. The number of hydrogen-bond acceptors (Lipinski definition) is 8. The number of ketones is 1. The van der Waals surface area contributed by atoms with Crippen LogP contribution in [-0.2, 0) is 28.9 Å². The molecule has 1 heterocycles. The molecule has 0 saturated heterocycles. The molecule has 4 rings (SSSR count). The molecule has 2 N–H and O–H groups in total. The van der Waals surface area contributed by atoms with Gasteiger partial charge in [0.2, 0.25) is 5.95 Å². The first-order chi connectivity index (χ1) is 19.0. The van der Waals surface area contributed by atoms with E-state index in [9.17, 15) is 26.7 Å². The van der Waals surface area contributed by atoms with E-state index >= 15 is 0 Å². The van der Waals surface area contributed by atoms with Gasteiger partial charge < -0.3 is 24.2 Å². The largest absolute Gasteiger partial charge is 0.755 e. The van der Waals surface area contributed by atoms with E-state index < -0.39 is 17.6 Å². The Morgan fingerprint density at radius 1 is 0.925 bits per heavy atom. The molecule has 0 bridgehead atoms. The van der Waals surface area contributed by atoms with Crippen molar-refractivity contribution < 1.29 is 31.5 Å². The van der Waals surface area contributed by atoms with E-state index in [1.165, 1.54) is 24.3 Å². The summed E-state index contributed by atoms with van der Waals surface area (Å²) in [5, 5.41) is 3.07. The number of hydrogen-bond donors (Lipinski definition) is 2. The Labute approximate surface area is 230 Å². The minimum atomic E-state index is -4.76. The standard InChI is InChI=1S/C27H24F3N5O4S/c1-35(25-14-15-31-26(33-25)32-20-6-8-21(9-7-20)34-40(37)38)22-10-2-18(3-11-22)16-23(36)17-19-4-12-24(13-5-19)39-27(28,29)30/h2-15,34H,16-17H2,1H3,(H,37,38)(H,31,32,33)/p-1. The van der Waals surface area contributed by atoms with Crippen LogP contribution < -0.4 is 19.7 Å². The van der Waals surface area contributed by atoms with Crippen LogP contribution in [0.4, 0.5) is 42.0 Å². The van der Waals surface area contributed by atoms with Gasteiger partial charge in [-0.3, -0.25) is 9.00 Å². The third-order valence-corrected chi connectivity index (χ3v) is 6.01. The molecule has 1 atom stereocenters. The number of Topliss-reactive ketones (excluding diaryl/α,β-unsaturated/α-hetero) is 1. The van der Waals surface area contributed by atoms with E-state index in [4.69, 9.17) is 0 Å². The minimum Gasteiger partial charge on any atom is -0.755 e. The number of carbonyl (C=O) groups is 1. The van der Waals surface area contributed by atoms with E-state index in [2.05, 4.69) is 24.7 Å². The quantitative estimate of drug-likeness (QED) is 0.229. The fourth-order valence-electron chi connectivity index (χ4n) is 3.74. The van der Waals surface area contributed by atoms with Crippen molar-refractivity contribution in [2.45, 2.75) is 19.2 Å². The van der Waals surface area contributed by atoms with Gasteiger partial charge in [-0.15, -0.1) is 13.2 Å². The maximum absolute atomic E-state index is 12.5. The van der Waals surface area contributed by atoms with Crippen molar-refractivity contribution >= 4 is 45.9 Å². The van der Waals surface area contributed by atoms with E-state index in [0.717, 1.165) is 11.3 Å². The lowest BCUT2D eigenvalue weighted by atomic mass is 10.0. The number of aromatic nitrogens is 2. The van der Waals surface area contributed by atoms with E-state index in [1.807, 2.05) is 36.2 Å². The van der Waals surface area contributed by atoms with Crippen molar-refractivity contribution in [3.05, 3.63) is 96.2 Å². The first kappa shape index (κ1) is 28.5. The molecule has 3 aromatic carbocycles. The molecule has 40 heavy (non-hydrogen) atoms. The normalized spacial score (nSPS) is 11.9. The van der Waals surface area contributed by atoms with Gasteiger partial charge in [0.15, 0.2) is 0 Å². The van der Waals surface area contributed by atoms with Gasteiger partial charge in [-0.1, -0.05) is 24.3 Å². The van der Waals surface area contributed by atoms with Gasteiger partial charge in [0.05, 0.1) is 0 Å². The average Bonchev–Trinajstić information content (AvgIpc) is 2.90. The summed E-state index contributed by atoms with van der Waals surface area (Å²) in [6, 6.07) is 20.9. The topological polar surface area (TPSA) is 120 Å². The Kier molecular flexibility index (Phi) is 8.97. The van der Waals surface area contributed by atoms with Crippen LogP contribution in [0.1, 0.15) is 11.1 Å². The van der Waals surface area contributed by atoms with Gasteiger partial charge in [0.1, 0.15) is 17.4 Å². The third kappa shape index (κ3) is 8.51. The number of alkyl halides is 3. The highest BCUT2D eigenvalue weighted by atomic mass is 32.2. The molecular weight excluding hydrogens is 547 g/mol. The fraction of sp³-hybridized carbons (Fsp3) is 0.148. The maximum atomic E-state index is 12.5. The zero-order valence-electron chi connectivity index (χ0n) is 21.0. The summed E-state index contributed by atoms with van der Waals surface area (Å²) in [5.41, 5.74) is 3.30. The number of halogens is 3. The second kappa shape index (κ2) is 12.6. The Morgan fingerprint density at radius 2 is 1.50 bits per heavy atom. The van der Waals surface area contributed by atoms with Crippen LogP contribution in [0.5, 0.6) is 5.75 Å². The SMILES string of the molecule is CN(c1ccc(CC(=O)Cc2ccc(OC(F)(F)F)cc2)cc1)c1ccnc(Nc2ccc(NS(=O)[O-])cc2)n1. The van der Waals surface area contributed by atoms with Gasteiger partial charge in [-0.05, 0) is 65.7 Å². The molecule has 0 aliphatic heterocycles. The molecule has 1 unspecified atom stereocenters. The Balaban J connectivity index is 1.33. The number of carbonyl (C=O) groups excluding carboxylic acids is 1. The number of nitrogens with zero attached hydrogens (tertiary/aromatic N) is 3. The van der Waals surface area contributed by atoms with Crippen LogP contribution in [-0.4, -0.2) is 37.9 Å². The number of rotatable bonds is 11. The minimum absolute atomic E-state index is 0.0813. The lowest BCUT2D eigenvalue weighted by Crippen LogP contribution is -2.17. The smallest absolute Gasteiger partial charge is 0.573 e. The molecule has 0 aliphatic rings. The Bertz CT molecular complexity index is 1470. The molecule has 208 valence electrons.